The number of hydrogen-bond acceptors (Lipinski definition) is 6. The number of aliphatic hydroxyl groups is 2. The van der Waals surface area contributed by atoms with E-state index in [-0.39, 0.29) is 37.2 Å². The summed E-state index contributed by atoms with van der Waals surface area (Å²) in [7, 11) is 0. The maximum absolute atomic E-state index is 11.8. The number of nitrogens with zero attached hydrogens (tertiary/aromatic N) is 2. The van der Waals surface area contributed by atoms with Crippen molar-refractivity contribution in [1.82, 2.24) is 9.80 Å². The summed E-state index contributed by atoms with van der Waals surface area (Å²) >= 11 is 0. The molecule has 0 radical (unpaired) electrons. The number of aliphatic hydroxyl groups excluding tert-OH is 2. The number of carbonyl (C=O) groups excluding carboxylic acids is 2. The first-order valence-electron chi connectivity index (χ1n) is 11.8. The molecule has 2 N–H and O–H groups in total. The van der Waals surface area contributed by atoms with Crippen molar-refractivity contribution >= 4 is 12.2 Å². The molecule has 0 saturated carbocycles. The average molecular weight is 459 g/mol. The van der Waals surface area contributed by atoms with Crippen molar-refractivity contribution in [1.29, 1.82) is 0 Å². The predicted octanol–water partition coefficient (Wildman–Crippen LogP) is 3.74. The second-order valence-electron chi connectivity index (χ2n) is 11.3. The Morgan fingerprint density at radius 2 is 1.06 bits per heavy atom. The van der Waals surface area contributed by atoms with Crippen LogP contribution in [0.1, 0.15) is 68.2 Å². The van der Waals surface area contributed by atoms with E-state index in [1.165, 1.54) is 0 Å². The third-order valence-electron chi connectivity index (χ3n) is 6.00. The smallest absolute Gasteiger partial charge is 0.410 e. The van der Waals surface area contributed by atoms with E-state index in [0.717, 1.165) is 25.9 Å². The molecule has 8 nitrogen and oxygen atoms in total. The number of likely N-dealkylation sites (tertiary alicyclic amines) is 2. The Balaban J connectivity index is 0.000000320. The fraction of sp³-hybridized carbons (Fsp3) is 0.917. The SMILES string of the molecule is C[C@@H]1CCN(C(=O)OC(C)(C)C)C[C@@H]1CO.C[C@H]1CCN(C(=O)OC(C)(C)C)C[C@H]1CO. The lowest BCUT2D eigenvalue weighted by Crippen LogP contribution is -2.46. The van der Waals surface area contributed by atoms with E-state index in [1.807, 2.05) is 41.5 Å². The molecule has 4 atom stereocenters. The summed E-state index contributed by atoms with van der Waals surface area (Å²) < 4.78 is 10.6. The van der Waals surface area contributed by atoms with Crippen LogP contribution in [0.15, 0.2) is 0 Å². The van der Waals surface area contributed by atoms with Gasteiger partial charge < -0.3 is 29.5 Å². The zero-order valence-corrected chi connectivity index (χ0v) is 21.4. The van der Waals surface area contributed by atoms with Crippen LogP contribution in [0.4, 0.5) is 9.59 Å². The maximum atomic E-state index is 11.8. The molecule has 2 heterocycles. The van der Waals surface area contributed by atoms with Crippen LogP contribution in [0.3, 0.4) is 0 Å². The Labute approximate surface area is 194 Å². The van der Waals surface area contributed by atoms with E-state index in [2.05, 4.69) is 13.8 Å². The Bertz CT molecular complexity index is 546. The monoisotopic (exact) mass is 458 g/mol. The lowest BCUT2D eigenvalue weighted by Gasteiger charge is -2.36. The van der Waals surface area contributed by atoms with E-state index in [1.54, 1.807) is 9.80 Å². The highest BCUT2D eigenvalue weighted by atomic mass is 16.6. The summed E-state index contributed by atoms with van der Waals surface area (Å²) in [4.78, 5) is 27.0. The van der Waals surface area contributed by atoms with Crippen LogP contribution < -0.4 is 0 Å². The fourth-order valence-electron chi connectivity index (χ4n) is 3.76. The summed E-state index contributed by atoms with van der Waals surface area (Å²) in [5, 5.41) is 18.4. The third-order valence-corrected chi connectivity index (χ3v) is 6.00. The van der Waals surface area contributed by atoms with Crippen molar-refractivity contribution in [3.63, 3.8) is 0 Å². The van der Waals surface area contributed by atoms with Crippen molar-refractivity contribution in [3.05, 3.63) is 0 Å². The van der Waals surface area contributed by atoms with E-state index in [0.29, 0.717) is 24.9 Å². The summed E-state index contributed by atoms with van der Waals surface area (Å²) in [6, 6.07) is 0. The molecule has 0 aromatic carbocycles. The predicted molar refractivity (Wildman–Crippen MR) is 124 cm³/mol. The molecule has 0 spiro atoms. The molecule has 2 aliphatic rings. The minimum Gasteiger partial charge on any atom is -0.444 e. The molecular formula is C24H46N2O6. The van der Waals surface area contributed by atoms with Gasteiger partial charge in [0, 0.05) is 51.2 Å². The van der Waals surface area contributed by atoms with Crippen LogP contribution in [0, 0.1) is 23.7 Å². The number of rotatable bonds is 2. The van der Waals surface area contributed by atoms with Crippen LogP contribution >= 0.6 is 0 Å². The van der Waals surface area contributed by atoms with Crippen molar-refractivity contribution in [3.8, 4) is 0 Å². The van der Waals surface area contributed by atoms with E-state index >= 15 is 0 Å². The van der Waals surface area contributed by atoms with Crippen LogP contribution in [-0.2, 0) is 9.47 Å². The number of carbonyl (C=O) groups is 2. The van der Waals surface area contributed by atoms with Crippen LogP contribution in [0.5, 0.6) is 0 Å². The lowest BCUT2D eigenvalue weighted by atomic mass is 9.88. The summed E-state index contributed by atoms with van der Waals surface area (Å²) in [5.74, 6) is 1.31. The molecule has 2 amide bonds. The highest BCUT2D eigenvalue weighted by molar-refractivity contribution is 5.68. The van der Waals surface area contributed by atoms with Crippen LogP contribution in [0.25, 0.3) is 0 Å². The van der Waals surface area contributed by atoms with Gasteiger partial charge >= 0.3 is 12.2 Å². The number of hydrogen-bond donors (Lipinski definition) is 2. The van der Waals surface area contributed by atoms with Gasteiger partial charge in [0.05, 0.1) is 0 Å². The van der Waals surface area contributed by atoms with Crippen LogP contribution in [0.2, 0.25) is 0 Å². The first kappa shape index (κ1) is 28.5. The molecular weight excluding hydrogens is 412 g/mol. The Kier molecular flexibility index (Phi) is 10.7. The highest BCUT2D eigenvalue weighted by Crippen LogP contribution is 2.25. The number of amides is 2. The molecule has 2 fully saturated rings. The van der Waals surface area contributed by atoms with E-state index in [4.69, 9.17) is 9.47 Å². The fourth-order valence-corrected chi connectivity index (χ4v) is 3.76. The average Bonchev–Trinajstić information content (AvgIpc) is 2.66. The van der Waals surface area contributed by atoms with Gasteiger partial charge in [0.1, 0.15) is 11.2 Å². The lowest BCUT2D eigenvalue weighted by molar-refractivity contribution is 0.00476. The molecule has 32 heavy (non-hydrogen) atoms. The van der Waals surface area contributed by atoms with Crippen LogP contribution in [-0.4, -0.2) is 82.8 Å². The molecule has 0 aromatic heterocycles. The molecule has 0 aromatic rings. The van der Waals surface area contributed by atoms with Gasteiger partial charge in [0.25, 0.3) is 0 Å². The van der Waals surface area contributed by atoms with Gasteiger partial charge in [0.15, 0.2) is 0 Å². The standard InChI is InChI=1S/2C12H23NO3/c2*1-9-5-6-13(7-10(9)8-14)11(15)16-12(2,3)4/h2*9-10,14H,5-8H2,1-4H3/t2*9-,10-/m10/s1. The van der Waals surface area contributed by atoms with Gasteiger partial charge in [-0.2, -0.15) is 0 Å². The van der Waals surface area contributed by atoms with Crippen molar-refractivity contribution < 1.29 is 29.3 Å². The molecule has 2 rings (SSSR count). The van der Waals surface area contributed by atoms with Gasteiger partial charge in [-0.3, -0.25) is 0 Å². The van der Waals surface area contributed by atoms with Crippen molar-refractivity contribution in [2.45, 2.75) is 79.4 Å². The Morgan fingerprint density at radius 3 is 1.31 bits per heavy atom. The Morgan fingerprint density at radius 1 is 0.750 bits per heavy atom. The Hall–Kier alpha value is -1.54. The summed E-state index contributed by atoms with van der Waals surface area (Å²) in [6.07, 6.45) is 1.34. The second-order valence-corrected chi connectivity index (χ2v) is 11.3. The second kappa shape index (κ2) is 12.1. The van der Waals surface area contributed by atoms with Gasteiger partial charge in [-0.05, 0) is 66.2 Å². The zero-order valence-electron chi connectivity index (χ0n) is 21.4. The molecule has 0 unspecified atom stereocenters. The first-order chi connectivity index (χ1) is 14.7. The highest BCUT2D eigenvalue weighted by Gasteiger charge is 2.32. The topological polar surface area (TPSA) is 99.5 Å². The molecule has 188 valence electrons. The van der Waals surface area contributed by atoms with E-state index in [9.17, 15) is 19.8 Å². The minimum absolute atomic E-state index is 0.139. The van der Waals surface area contributed by atoms with Gasteiger partial charge in [-0.25, -0.2) is 9.59 Å². The first-order valence-corrected chi connectivity index (χ1v) is 11.8. The maximum Gasteiger partial charge on any atom is 0.410 e. The van der Waals surface area contributed by atoms with Crippen molar-refractivity contribution in [2.24, 2.45) is 23.7 Å². The molecule has 0 aliphatic carbocycles. The van der Waals surface area contributed by atoms with Gasteiger partial charge in [0.2, 0.25) is 0 Å². The molecule has 0 bridgehead atoms. The summed E-state index contributed by atoms with van der Waals surface area (Å²) in [5.41, 5.74) is -0.899. The zero-order chi connectivity index (χ0) is 24.7. The van der Waals surface area contributed by atoms with Gasteiger partial charge in [-0.15, -0.1) is 0 Å². The minimum atomic E-state index is -0.450. The molecule has 8 heteroatoms. The quantitative estimate of drug-likeness (QED) is 0.654. The van der Waals surface area contributed by atoms with Gasteiger partial charge in [-0.1, -0.05) is 13.8 Å². The molecule has 2 saturated heterocycles. The summed E-state index contributed by atoms with van der Waals surface area (Å²) in [6.45, 7) is 18.4. The third kappa shape index (κ3) is 9.94. The normalized spacial score (nSPS) is 26.7. The number of ether oxygens (including phenoxy) is 2. The van der Waals surface area contributed by atoms with E-state index < -0.39 is 11.2 Å². The largest absolute Gasteiger partial charge is 0.444 e. The molecule has 2 aliphatic heterocycles. The van der Waals surface area contributed by atoms with Crippen molar-refractivity contribution in [2.75, 3.05) is 39.4 Å². The number of piperidine rings is 2.